The van der Waals surface area contributed by atoms with Crippen molar-refractivity contribution in [2.45, 2.75) is 99.0 Å². The van der Waals surface area contributed by atoms with Gasteiger partial charge in [-0.25, -0.2) is 4.99 Å². The van der Waals surface area contributed by atoms with E-state index in [1.807, 2.05) is 0 Å². The van der Waals surface area contributed by atoms with E-state index in [1.54, 1.807) is 6.92 Å². The fraction of sp³-hybridized carbons (Fsp3) is 0.950. The van der Waals surface area contributed by atoms with E-state index in [4.69, 9.17) is 28.4 Å². The summed E-state index contributed by atoms with van der Waals surface area (Å²) < 4.78 is 32.8. The monoisotopic (exact) mass is 527 g/mol. The van der Waals surface area contributed by atoms with Crippen LogP contribution >= 0.6 is 0 Å². The smallest absolute Gasteiger partial charge is 0.227 e. The van der Waals surface area contributed by atoms with Gasteiger partial charge in [-0.15, -0.1) is 0 Å². The van der Waals surface area contributed by atoms with Crippen molar-refractivity contribution in [3.63, 3.8) is 0 Å². The van der Waals surface area contributed by atoms with Gasteiger partial charge in [-0.1, -0.05) is 0 Å². The van der Waals surface area contributed by atoms with Gasteiger partial charge in [0.25, 0.3) is 0 Å². The Balaban J connectivity index is 1.42. The third kappa shape index (κ3) is 5.25. The second-order valence-electron chi connectivity index (χ2n) is 9.12. The lowest BCUT2D eigenvalue weighted by atomic mass is 9.96. The fourth-order valence-electron chi connectivity index (χ4n) is 4.58. The van der Waals surface area contributed by atoms with Gasteiger partial charge in [0.1, 0.15) is 73.2 Å². The number of hydrogen-bond acceptors (Lipinski definition) is 16. The van der Waals surface area contributed by atoms with E-state index in [9.17, 15) is 46.0 Å². The van der Waals surface area contributed by atoms with Crippen LogP contribution in [0.4, 0.5) is 0 Å². The van der Waals surface area contributed by atoms with Crippen molar-refractivity contribution in [1.82, 2.24) is 0 Å². The van der Waals surface area contributed by atoms with Crippen LogP contribution in [0, 0.1) is 0 Å². The number of ether oxygens (including phenoxy) is 6. The van der Waals surface area contributed by atoms with E-state index in [0.29, 0.717) is 0 Å². The Bertz CT molecular complexity index is 771. The highest BCUT2D eigenvalue weighted by Crippen LogP contribution is 2.33. The lowest BCUT2D eigenvalue weighted by Gasteiger charge is -2.45. The number of aliphatic hydroxyl groups is 9. The standard InChI is InChI=1S/C20H33NO15/c1-5-21-9-12(26)17(7(3-23)34-18(9)32-5)36-20-16(30)14(28)11(25)8(35-20)4-31-19-15(29)13(27)10(24)6(2-22)33-19/h6-20,22-30H,2-4H2,1H3/t6?,7?,8?,9?,10-,11-,12-,13+,14+,15?,16?,17-,18+,19+,20+/m1/s1. The molecule has 0 aromatic carbocycles. The molecule has 0 aromatic heterocycles. The first kappa shape index (κ1) is 27.9. The molecule has 0 saturated carbocycles. The van der Waals surface area contributed by atoms with Crippen LogP contribution in [0.1, 0.15) is 6.92 Å². The predicted octanol–water partition coefficient (Wildman–Crippen LogP) is -6.11. The Labute approximate surface area is 204 Å². The van der Waals surface area contributed by atoms with Crippen molar-refractivity contribution in [2.75, 3.05) is 19.8 Å². The normalized spacial score (nSPS) is 51.4. The Hall–Kier alpha value is -1.09. The summed E-state index contributed by atoms with van der Waals surface area (Å²) in [7, 11) is 0. The predicted molar refractivity (Wildman–Crippen MR) is 111 cm³/mol. The van der Waals surface area contributed by atoms with Crippen molar-refractivity contribution in [3.8, 4) is 0 Å². The topological polar surface area (TPSA) is 250 Å². The maximum absolute atomic E-state index is 10.8. The van der Waals surface area contributed by atoms with Gasteiger partial charge in [-0.3, -0.25) is 0 Å². The van der Waals surface area contributed by atoms with E-state index in [-0.39, 0.29) is 5.90 Å². The molecular weight excluding hydrogens is 494 g/mol. The molecule has 0 bridgehead atoms. The fourth-order valence-corrected chi connectivity index (χ4v) is 4.58. The molecule has 16 heteroatoms. The highest BCUT2D eigenvalue weighted by atomic mass is 16.8. The molecule has 0 aliphatic carbocycles. The number of aliphatic imine (C=N–C) groups is 1. The molecule has 4 rings (SSSR count). The van der Waals surface area contributed by atoms with Gasteiger partial charge >= 0.3 is 0 Å². The number of rotatable bonds is 7. The van der Waals surface area contributed by atoms with E-state index >= 15 is 0 Å². The Morgan fingerprint density at radius 3 is 1.92 bits per heavy atom. The third-order valence-corrected chi connectivity index (χ3v) is 6.67. The molecule has 3 fully saturated rings. The van der Waals surface area contributed by atoms with Crippen LogP contribution in [0.15, 0.2) is 4.99 Å². The van der Waals surface area contributed by atoms with Crippen LogP contribution in [0.25, 0.3) is 0 Å². The first-order valence-electron chi connectivity index (χ1n) is 11.5. The van der Waals surface area contributed by atoms with Gasteiger partial charge in [-0.05, 0) is 0 Å². The molecule has 9 N–H and O–H groups in total. The average molecular weight is 527 g/mol. The zero-order valence-corrected chi connectivity index (χ0v) is 19.2. The van der Waals surface area contributed by atoms with Crippen LogP contribution in [0.5, 0.6) is 0 Å². The molecule has 4 heterocycles. The number of aliphatic hydroxyl groups excluding tert-OH is 9. The molecule has 208 valence electrons. The Morgan fingerprint density at radius 2 is 1.28 bits per heavy atom. The molecule has 0 radical (unpaired) electrons. The average Bonchev–Trinajstić information content (AvgIpc) is 3.24. The minimum absolute atomic E-state index is 0.263. The lowest BCUT2D eigenvalue weighted by molar-refractivity contribution is -0.352. The van der Waals surface area contributed by atoms with E-state index < -0.39 is 112 Å². The van der Waals surface area contributed by atoms with Gasteiger partial charge in [0.2, 0.25) is 6.29 Å². The Morgan fingerprint density at radius 1 is 0.694 bits per heavy atom. The second kappa shape index (κ2) is 11.3. The van der Waals surface area contributed by atoms with Gasteiger partial charge < -0.3 is 74.4 Å². The molecule has 6 unspecified atom stereocenters. The quantitative estimate of drug-likeness (QED) is 0.149. The molecule has 4 aliphatic rings. The van der Waals surface area contributed by atoms with Crippen LogP contribution in [-0.2, 0) is 28.4 Å². The molecule has 16 nitrogen and oxygen atoms in total. The van der Waals surface area contributed by atoms with E-state index in [0.717, 1.165) is 0 Å². The summed E-state index contributed by atoms with van der Waals surface area (Å²) in [4.78, 5) is 4.13. The summed E-state index contributed by atoms with van der Waals surface area (Å²) in [6.07, 6.45) is -20.7. The molecule has 36 heavy (non-hydrogen) atoms. The zero-order valence-electron chi connectivity index (χ0n) is 19.2. The van der Waals surface area contributed by atoms with Crippen molar-refractivity contribution < 1.29 is 74.4 Å². The zero-order chi connectivity index (χ0) is 26.3. The van der Waals surface area contributed by atoms with Crippen LogP contribution in [-0.4, -0.2) is 164 Å². The number of nitrogens with zero attached hydrogens (tertiary/aromatic N) is 1. The van der Waals surface area contributed by atoms with Gasteiger partial charge in [0.05, 0.1) is 19.8 Å². The Kier molecular flexibility index (Phi) is 8.80. The van der Waals surface area contributed by atoms with Crippen molar-refractivity contribution in [1.29, 1.82) is 0 Å². The van der Waals surface area contributed by atoms with Crippen molar-refractivity contribution in [3.05, 3.63) is 0 Å². The summed E-state index contributed by atoms with van der Waals surface area (Å²) >= 11 is 0. The number of hydrogen-bond donors (Lipinski definition) is 9. The summed E-state index contributed by atoms with van der Waals surface area (Å²) in [5, 5.41) is 90.8. The molecule has 0 aromatic rings. The molecule has 0 amide bonds. The second-order valence-corrected chi connectivity index (χ2v) is 9.12. The van der Waals surface area contributed by atoms with Crippen molar-refractivity contribution in [2.24, 2.45) is 4.99 Å². The summed E-state index contributed by atoms with van der Waals surface area (Å²) in [6, 6.07) is -0.876. The summed E-state index contributed by atoms with van der Waals surface area (Å²) in [6.45, 7) is -0.264. The van der Waals surface area contributed by atoms with Gasteiger partial charge in [-0.2, -0.15) is 0 Å². The van der Waals surface area contributed by atoms with E-state index in [1.165, 1.54) is 0 Å². The summed E-state index contributed by atoms with van der Waals surface area (Å²) in [5.74, 6) is 0.263. The molecular formula is C20H33NO15. The third-order valence-electron chi connectivity index (χ3n) is 6.67. The highest BCUT2D eigenvalue weighted by molar-refractivity contribution is 5.75. The first-order chi connectivity index (χ1) is 17.1. The first-order valence-corrected chi connectivity index (χ1v) is 11.5. The maximum atomic E-state index is 10.8. The minimum Gasteiger partial charge on any atom is -0.450 e. The molecule has 15 atom stereocenters. The van der Waals surface area contributed by atoms with Crippen LogP contribution < -0.4 is 0 Å². The van der Waals surface area contributed by atoms with Crippen LogP contribution in [0.2, 0.25) is 0 Å². The highest BCUT2D eigenvalue weighted by Gasteiger charge is 2.53. The maximum Gasteiger partial charge on any atom is 0.227 e. The van der Waals surface area contributed by atoms with Gasteiger partial charge in [0, 0.05) is 6.92 Å². The number of fused-ring (bicyclic) bond motifs is 1. The molecule has 4 aliphatic heterocycles. The minimum atomic E-state index is -1.79. The van der Waals surface area contributed by atoms with Crippen LogP contribution in [0.3, 0.4) is 0 Å². The van der Waals surface area contributed by atoms with E-state index in [2.05, 4.69) is 4.99 Å². The molecule has 0 spiro atoms. The molecule has 3 saturated heterocycles. The summed E-state index contributed by atoms with van der Waals surface area (Å²) in [5.41, 5.74) is 0. The lowest BCUT2D eigenvalue weighted by Crippen LogP contribution is -2.64. The SMILES string of the molecule is CC1=NC2[C@@H](O1)OC(CO)[C@@H](O[C@@H]1OC(CO[C@H]3OC(CO)[C@@H](O)[C@H](O)C3O)[C@@H](O)[C@H](O)C1O)[C@@H]2O. The largest absolute Gasteiger partial charge is 0.450 e. The van der Waals surface area contributed by atoms with Crippen molar-refractivity contribution >= 4 is 5.90 Å². The van der Waals surface area contributed by atoms with Gasteiger partial charge in [0.15, 0.2) is 18.5 Å².